The molecule has 0 aliphatic carbocycles. The maximum Gasteiger partial charge on any atom is 0.305 e. The molecular weight excluding hydrogens is 634 g/mol. The first-order chi connectivity index (χ1) is 25.0. The van der Waals surface area contributed by atoms with Gasteiger partial charge in [-0.1, -0.05) is 179 Å². The number of allylic oxidation sites excluding steroid dienone is 4. The van der Waals surface area contributed by atoms with Crippen LogP contribution in [0.5, 0.6) is 0 Å². The molecule has 0 saturated heterocycles. The fraction of sp³-hybridized carbons (Fsp3) is 0.867. The first-order valence-electron chi connectivity index (χ1n) is 22.1. The lowest BCUT2D eigenvalue weighted by Gasteiger charge is -2.22. The van der Waals surface area contributed by atoms with Crippen molar-refractivity contribution in [1.29, 1.82) is 0 Å². The first kappa shape index (κ1) is 49.3. The quantitative estimate of drug-likeness (QED) is 0.0333. The Hall–Kier alpha value is -1.66. The van der Waals surface area contributed by atoms with E-state index >= 15 is 0 Å². The van der Waals surface area contributed by atoms with Gasteiger partial charge in [-0.2, -0.15) is 0 Å². The van der Waals surface area contributed by atoms with E-state index in [1.54, 1.807) is 0 Å². The molecule has 0 rings (SSSR count). The van der Waals surface area contributed by atoms with Crippen LogP contribution >= 0.6 is 0 Å². The summed E-state index contributed by atoms with van der Waals surface area (Å²) in [5.41, 5.74) is 0. The highest BCUT2D eigenvalue weighted by atomic mass is 16.5. The van der Waals surface area contributed by atoms with Crippen LogP contribution in [0.1, 0.15) is 226 Å². The summed E-state index contributed by atoms with van der Waals surface area (Å²) in [5, 5.41) is 23.0. The largest absolute Gasteiger partial charge is 0.466 e. The molecule has 0 fully saturated rings. The van der Waals surface area contributed by atoms with E-state index in [1.807, 2.05) is 0 Å². The van der Waals surface area contributed by atoms with E-state index in [2.05, 4.69) is 43.5 Å². The van der Waals surface area contributed by atoms with E-state index in [-0.39, 0.29) is 18.5 Å². The lowest BCUT2D eigenvalue weighted by molar-refractivity contribution is -0.143. The summed E-state index contributed by atoms with van der Waals surface area (Å²) < 4.78 is 5.43. The summed E-state index contributed by atoms with van der Waals surface area (Å²) in [6.07, 6.45) is 45.5. The van der Waals surface area contributed by atoms with E-state index in [1.165, 1.54) is 122 Å². The van der Waals surface area contributed by atoms with Crippen molar-refractivity contribution < 1.29 is 24.5 Å². The van der Waals surface area contributed by atoms with Crippen LogP contribution < -0.4 is 5.32 Å². The van der Waals surface area contributed by atoms with Crippen LogP contribution in [0, 0.1) is 0 Å². The Morgan fingerprint density at radius 2 is 0.980 bits per heavy atom. The van der Waals surface area contributed by atoms with Crippen LogP contribution in [-0.2, 0) is 14.3 Å². The fourth-order valence-electron chi connectivity index (χ4n) is 6.55. The van der Waals surface area contributed by atoms with Gasteiger partial charge in [0.1, 0.15) is 0 Å². The monoisotopic (exact) mass is 720 g/mol. The summed E-state index contributed by atoms with van der Waals surface area (Å²) in [6, 6.07) is -0.560. The highest BCUT2D eigenvalue weighted by Crippen LogP contribution is 2.15. The molecule has 3 N–H and O–H groups in total. The Bertz CT molecular complexity index is 797. The third-order valence-corrected chi connectivity index (χ3v) is 10.0. The first-order valence-corrected chi connectivity index (χ1v) is 22.1. The van der Waals surface area contributed by atoms with Gasteiger partial charge >= 0.3 is 5.97 Å². The maximum atomic E-state index is 12.4. The molecule has 51 heavy (non-hydrogen) atoms. The van der Waals surface area contributed by atoms with Crippen molar-refractivity contribution in [3.63, 3.8) is 0 Å². The molecule has 300 valence electrons. The molecule has 6 nitrogen and oxygen atoms in total. The van der Waals surface area contributed by atoms with E-state index in [0.29, 0.717) is 25.9 Å². The lowest BCUT2D eigenvalue weighted by Crippen LogP contribution is -2.45. The predicted octanol–water partition coefficient (Wildman–Crippen LogP) is 12.4. The molecule has 6 heteroatoms. The topological polar surface area (TPSA) is 95.9 Å². The van der Waals surface area contributed by atoms with Crippen molar-refractivity contribution >= 4 is 11.9 Å². The van der Waals surface area contributed by atoms with Crippen LogP contribution in [0.25, 0.3) is 0 Å². The average Bonchev–Trinajstić information content (AvgIpc) is 3.13. The zero-order chi connectivity index (χ0) is 37.3. The normalized spacial score (nSPS) is 12.9. The van der Waals surface area contributed by atoms with Crippen LogP contribution in [-0.4, -0.2) is 47.4 Å². The Morgan fingerprint density at radius 1 is 0.549 bits per heavy atom. The molecule has 0 spiro atoms. The van der Waals surface area contributed by atoms with Crippen molar-refractivity contribution in [3.8, 4) is 0 Å². The molecule has 0 aromatic carbocycles. The molecule has 0 aromatic heterocycles. The number of rotatable bonds is 40. The number of carbonyl (C=O) groups excluding carboxylic acids is 2. The summed E-state index contributed by atoms with van der Waals surface area (Å²) >= 11 is 0. The lowest BCUT2D eigenvalue weighted by atomic mass is 10.0. The van der Waals surface area contributed by atoms with Crippen molar-refractivity contribution in [3.05, 3.63) is 24.3 Å². The number of esters is 1. The fourth-order valence-corrected chi connectivity index (χ4v) is 6.55. The maximum absolute atomic E-state index is 12.4. The van der Waals surface area contributed by atoms with E-state index in [9.17, 15) is 19.8 Å². The van der Waals surface area contributed by atoms with Crippen LogP contribution in [0.2, 0.25) is 0 Å². The van der Waals surface area contributed by atoms with Gasteiger partial charge in [-0.3, -0.25) is 9.59 Å². The minimum absolute atomic E-state index is 0.0400. The average molecular weight is 720 g/mol. The molecule has 2 unspecified atom stereocenters. The van der Waals surface area contributed by atoms with E-state index < -0.39 is 12.1 Å². The number of amides is 1. The van der Waals surface area contributed by atoms with Crippen LogP contribution in [0.15, 0.2) is 24.3 Å². The third kappa shape index (κ3) is 37.9. The molecule has 0 bridgehead atoms. The van der Waals surface area contributed by atoms with Crippen molar-refractivity contribution in [2.45, 2.75) is 238 Å². The second kappa shape index (κ2) is 41.1. The molecule has 0 aliphatic heterocycles. The van der Waals surface area contributed by atoms with Gasteiger partial charge in [0.15, 0.2) is 0 Å². The number of aliphatic hydroxyl groups is 2. The minimum atomic E-state index is -0.680. The van der Waals surface area contributed by atoms with Gasteiger partial charge in [-0.15, -0.1) is 0 Å². The van der Waals surface area contributed by atoms with Gasteiger partial charge in [0.2, 0.25) is 5.91 Å². The number of hydrogen-bond donors (Lipinski definition) is 3. The highest BCUT2D eigenvalue weighted by Gasteiger charge is 2.20. The van der Waals surface area contributed by atoms with Gasteiger partial charge in [0.05, 0.1) is 25.4 Å². The van der Waals surface area contributed by atoms with Crippen molar-refractivity contribution in [2.24, 2.45) is 0 Å². The summed E-state index contributed by atoms with van der Waals surface area (Å²) in [6.45, 7) is 4.82. The van der Waals surface area contributed by atoms with Gasteiger partial charge in [-0.05, 0) is 57.8 Å². The number of hydrogen-bond acceptors (Lipinski definition) is 5. The number of ether oxygens (including phenoxy) is 1. The zero-order valence-electron chi connectivity index (χ0n) is 33.8. The smallest absolute Gasteiger partial charge is 0.305 e. The van der Waals surface area contributed by atoms with E-state index in [4.69, 9.17) is 4.74 Å². The number of nitrogens with one attached hydrogen (secondary N) is 1. The Labute approximate surface area is 316 Å². The second-order valence-electron chi connectivity index (χ2n) is 15.0. The van der Waals surface area contributed by atoms with Gasteiger partial charge in [-0.25, -0.2) is 0 Å². The van der Waals surface area contributed by atoms with Crippen LogP contribution in [0.4, 0.5) is 0 Å². The number of aliphatic hydroxyl groups excluding tert-OH is 2. The third-order valence-electron chi connectivity index (χ3n) is 10.0. The predicted molar refractivity (Wildman–Crippen MR) is 218 cm³/mol. The molecular formula is C45H85NO5. The molecule has 1 amide bonds. The van der Waals surface area contributed by atoms with Gasteiger partial charge in [0, 0.05) is 12.8 Å². The standard InChI is InChI=1S/C45H85NO5/c1-3-5-7-9-11-13-15-16-17-18-19-23-27-31-35-39-45(50)51-40-36-32-28-24-20-22-26-30-34-38-44(49)46-42(41-47)43(48)37-33-29-25-21-14-12-10-8-6-4-2/h11,13,16-17,42-43,47-48H,3-10,12,14-15,18-41H2,1-2H3,(H,46,49)/b13-11-,17-16-. The highest BCUT2D eigenvalue weighted by molar-refractivity contribution is 5.76. The molecule has 0 aromatic rings. The summed E-state index contributed by atoms with van der Waals surface area (Å²) in [4.78, 5) is 24.4. The van der Waals surface area contributed by atoms with Crippen molar-refractivity contribution in [1.82, 2.24) is 5.32 Å². The van der Waals surface area contributed by atoms with Crippen LogP contribution in [0.3, 0.4) is 0 Å². The second-order valence-corrected chi connectivity index (χ2v) is 15.0. The van der Waals surface area contributed by atoms with E-state index in [0.717, 1.165) is 70.6 Å². The van der Waals surface area contributed by atoms with Crippen molar-refractivity contribution in [2.75, 3.05) is 13.2 Å². The molecule has 0 heterocycles. The SMILES string of the molecule is CCCCC/C=C\C/C=C\CCCCCCCC(=O)OCCCCCCCCCCCC(=O)NC(CO)C(O)CCCCCCCCCCCC. The minimum Gasteiger partial charge on any atom is -0.466 e. The summed E-state index contributed by atoms with van der Waals surface area (Å²) in [7, 11) is 0. The molecule has 0 radical (unpaired) electrons. The number of unbranched alkanes of at least 4 members (excludes halogenated alkanes) is 25. The molecule has 0 saturated carbocycles. The molecule has 0 aliphatic rings. The number of carbonyl (C=O) groups is 2. The molecule has 2 atom stereocenters. The Morgan fingerprint density at radius 3 is 1.53 bits per heavy atom. The Balaban J connectivity index is 3.51. The Kier molecular flexibility index (Phi) is 39.8. The zero-order valence-corrected chi connectivity index (χ0v) is 33.8. The van der Waals surface area contributed by atoms with Gasteiger partial charge in [0.25, 0.3) is 0 Å². The summed E-state index contributed by atoms with van der Waals surface area (Å²) in [5.74, 6) is -0.107. The van der Waals surface area contributed by atoms with Gasteiger partial charge < -0.3 is 20.3 Å².